The summed E-state index contributed by atoms with van der Waals surface area (Å²) in [5, 5.41) is 6.04. The first-order chi connectivity index (χ1) is 11.2. The summed E-state index contributed by atoms with van der Waals surface area (Å²) in [5.41, 5.74) is 0.182. The lowest BCUT2D eigenvalue weighted by Gasteiger charge is -2.28. The summed E-state index contributed by atoms with van der Waals surface area (Å²) in [5.74, 6) is -0.142. The Morgan fingerprint density at radius 3 is 2.76 bits per heavy atom. The molecule has 2 unspecified atom stereocenters. The minimum Gasteiger partial charge on any atom is -0.326 e. The highest BCUT2D eigenvalue weighted by Gasteiger charge is 2.22. The maximum atomic E-state index is 13.6. The average molecular weight is 394 g/mol. The molecule has 1 aromatic rings. The van der Waals surface area contributed by atoms with Crippen LogP contribution in [-0.4, -0.2) is 33.7 Å². The van der Waals surface area contributed by atoms with Crippen molar-refractivity contribution in [3.05, 3.63) is 24.0 Å². The van der Waals surface area contributed by atoms with Gasteiger partial charge in [0, 0.05) is 12.1 Å². The number of benzene rings is 1. The summed E-state index contributed by atoms with van der Waals surface area (Å²) in [6.07, 6.45) is 3.55. The van der Waals surface area contributed by atoms with Gasteiger partial charge in [0.15, 0.2) is 0 Å². The number of anilines is 2. The molecule has 0 aromatic heterocycles. The fourth-order valence-electron chi connectivity index (χ4n) is 2.92. The molecular weight excluding hydrogens is 369 g/mol. The fraction of sp³-hybridized carbons (Fsp3) is 0.562. The van der Waals surface area contributed by atoms with Crippen molar-refractivity contribution in [3.63, 3.8) is 0 Å². The summed E-state index contributed by atoms with van der Waals surface area (Å²) < 4.78 is 38.2. The maximum absolute atomic E-state index is 13.6. The Hall–Kier alpha value is -1.38. The molecule has 0 aliphatic carbocycles. The summed E-state index contributed by atoms with van der Waals surface area (Å²) in [7, 11) is -3.59. The zero-order valence-electron chi connectivity index (χ0n) is 14.3. The van der Waals surface area contributed by atoms with E-state index in [1.54, 1.807) is 0 Å². The zero-order valence-corrected chi connectivity index (χ0v) is 16.0. The number of halogens is 2. The number of piperidine rings is 1. The Morgan fingerprint density at radius 1 is 1.44 bits per heavy atom. The van der Waals surface area contributed by atoms with Crippen molar-refractivity contribution in [2.45, 2.75) is 26.2 Å². The van der Waals surface area contributed by atoms with E-state index in [9.17, 15) is 17.6 Å². The van der Waals surface area contributed by atoms with E-state index in [1.807, 2.05) is 0 Å². The molecule has 1 aliphatic rings. The lowest BCUT2D eigenvalue weighted by atomic mass is 9.85. The molecule has 1 saturated heterocycles. The molecule has 1 aliphatic heterocycles. The molecule has 1 fully saturated rings. The second-order valence-electron chi connectivity index (χ2n) is 6.40. The van der Waals surface area contributed by atoms with Crippen molar-refractivity contribution < 1.29 is 17.6 Å². The first kappa shape index (κ1) is 21.7. The van der Waals surface area contributed by atoms with Crippen LogP contribution < -0.4 is 15.4 Å². The first-order valence-corrected chi connectivity index (χ1v) is 9.91. The molecule has 1 aromatic carbocycles. The highest BCUT2D eigenvalue weighted by atomic mass is 35.5. The Morgan fingerprint density at radius 2 is 2.16 bits per heavy atom. The molecule has 1 amide bonds. The number of carbonyl (C=O) groups is 1. The smallest absolute Gasteiger partial charge is 0.229 e. The van der Waals surface area contributed by atoms with Crippen LogP contribution in [-0.2, 0) is 14.8 Å². The van der Waals surface area contributed by atoms with Crippen LogP contribution in [0.4, 0.5) is 15.8 Å². The average Bonchev–Trinajstić information content (AvgIpc) is 2.50. The van der Waals surface area contributed by atoms with Crippen molar-refractivity contribution in [2.75, 3.05) is 29.4 Å². The van der Waals surface area contributed by atoms with Gasteiger partial charge in [-0.2, -0.15) is 0 Å². The van der Waals surface area contributed by atoms with Crippen LogP contribution in [0.15, 0.2) is 18.2 Å². The van der Waals surface area contributed by atoms with E-state index >= 15 is 0 Å². The van der Waals surface area contributed by atoms with Crippen molar-refractivity contribution in [1.29, 1.82) is 0 Å². The van der Waals surface area contributed by atoms with Crippen LogP contribution in [0.1, 0.15) is 26.2 Å². The summed E-state index contributed by atoms with van der Waals surface area (Å²) in [4.78, 5) is 12.2. The second kappa shape index (κ2) is 9.35. The third-order valence-corrected chi connectivity index (χ3v) is 4.78. The molecule has 3 N–H and O–H groups in total. The van der Waals surface area contributed by atoms with E-state index in [2.05, 4.69) is 22.3 Å². The van der Waals surface area contributed by atoms with Crippen LogP contribution in [0.25, 0.3) is 0 Å². The minimum atomic E-state index is -3.59. The number of rotatable bonds is 6. The molecule has 1 heterocycles. The van der Waals surface area contributed by atoms with Crippen LogP contribution >= 0.6 is 12.4 Å². The molecule has 2 rings (SSSR count). The normalized spacial score (nSPS) is 18.8. The molecule has 0 radical (unpaired) electrons. The molecule has 2 atom stereocenters. The van der Waals surface area contributed by atoms with Gasteiger partial charge in [-0.1, -0.05) is 6.92 Å². The van der Waals surface area contributed by atoms with E-state index < -0.39 is 15.8 Å². The predicted octanol–water partition coefficient (Wildman–Crippen LogP) is 2.58. The van der Waals surface area contributed by atoms with Gasteiger partial charge >= 0.3 is 0 Å². The summed E-state index contributed by atoms with van der Waals surface area (Å²) in [6, 6.07) is 3.81. The van der Waals surface area contributed by atoms with E-state index in [0.29, 0.717) is 18.0 Å². The third-order valence-electron chi connectivity index (χ3n) is 4.19. The van der Waals surface area contributed by atoms with Gasteiger partial charge < -0.3 is 10.6 Å². The Balaban J connectivity index is 0.00000312. The second-order valence-corrected chi connectivity index (χ2v) is 8.15. The number of sulfonamides is 1. The van der Waals surface area contributed by atoms with E-state index in [4.69, 9.17) is 0 Å². The number of hydrogen-bond acceptors (Lipinski definition) is 4. The molecule has 142 valence electrons. The quantitative estimate of drug-likeness (QED) is 0.693. The fourth-order valence-corrected chi connectivity index (χ4v) is 3.47. The third kappa shape index (κ3) is 7.17. The lowest BCUT2D eigenvalue weighted by molar-refractivity contribution is -0.117. The van der Waals surface area contributed by atoms with E-state index in [0.717, 1.165) is 38.3 Å². The van der Waals surface area contributed by atoms with Crippen LogP contribution in [0.5, 0.6) is 0 Å². The van der Waals surface area contributed by atoms with Crippen molar-refractivity contribution in [1.82, 2.24) is 5.32 Å². The molecule has 9 heteroatoms. The minimum absolute atomic E-state index is 0. The monoisotopic (exact) mass is 393 g/mol. The Kier molecular flexibility index (Phi) is 8.11. The van der Waals surface area contributed by atoms with Gasteiger partial charge in [0.1, 0.15) is 5.82 Å². The molecule has 0 bridgehead atoms. The molecule has 0 saturated carbocycles. The van der Waals surface area contributed by atoms with Gasteiger partial charge in [-0.15, -0.1) is 12.4 Å². The standard InChI is InChI=1S/C16H24FN3O3S.ClH/c1-11(12-4-3-7-18-10-12)8-16(21)19-13-5-6-14(17)15(9-13)20-24(2,22)23;/h5-6,9,11-12,18,20H,3-4,7-8,10H2,1-2H3,(H,19,21);1H. The van der Waals surface area contributed by atoms with Gasteiger partial charge in [-0.05, 0) is 56.0 Å². The van der Waals surface area contributed by atoms with Gasteiger partial charge in [-0.3, -0.25) is 9.52 Å². The summed E-state index contributed by atoms with van der Waals surface area (Å²) >= 11 is 0. The first-order valence-electron chi connectivity index (χ1n) is 8.02. The number of carbonyl (C=O) groups excluding carboxylic acids is 1. The van der Waals surface area contributed by atoms with Crippen molar-refractivity contribution in [3.8, 4) is 0 Å². The predicted molar refractivity (Wildman–Crippen MR) is 100 cm³/mol. The van der Waals surface area contributed by atoms with Gasteiger partial charge in [0.2, 0.25) is 15.9 Å². The Bertz CT molecular complexity index is 694. The van der Waals surface area contributed by atoms with Gasteiger partial charge in [-0.25, -0.2) is 12.8 Å². The van der Waals surface area contributed by atoms with E-state index in [-0.39, 0.29) is 29.9 Å². The number of amides is 1. The SMILES string of the molecule is CC(CC(=O)Nc1ccc(F)c(NS(C)(=O)=O)c1)C1CCCNC1.Cl. The lowest BCUT2D eigenvalue weighted by Crippen LogP contribution is -2.34. The number of hydrogen-bond donors (Lipinski definition) is 3. The largest absolute Gasteiger partial charge is 0.326 e. The van der Waals surface area contributed by atoms with Crippen LogP contribution in [0, 0.1) is 17.7 Å². The van der Waals surface area contributed by atoms with Crippen LogP contribution in [0.3, 0.4) is 0 Å². The topological polar surface area (TPSA) is 87.3 Å². The highest BCUT2D eigenvalue weighted by molar-refractivity contribution is 7.92. The van der Waals surface area contributed by atoms with Crippen molar-refractivity contribution in [2.24, 2.45) is 11.8 Å². The number of nitrogens with one attached hydrogen (secondary N) is 3. The summed E-state index contributed by atoms with van der Waals surface area (Å²) in [6.45, 7) is 4.01. The van der Waals surface area contributed by atoms with E-state index in [1.165, 1.54) is 12.1 Å². The Labute approximate surface area is 154 Å². The molecule has 6 nitrogen and oxygen atoms in total. The van der Waals surface area contributed by atoms with Gasteiger partial charge in [0.05, 0.1) is 11.9 Å². The van der Waals surface area contributed by atoms with Crippen molar-refractivity contribution >= 4 is 39.7 Å². The van der Waals surface area contributed by atoms with Gasteiger partial charge in [0.25, 0.3) is 0 Å². The van der Waals surface area contributed by atoms with Crippen LogP contribution in [0.2, 0.25) is 0 Å². The molecule has 0 spiro atoms. The zero-order chi connectivity index (χ0) is 17.7. The highest BCUT2D eigenvalue weighted by Crippen LogP contribution is 2.24. The maximum Gasteiger partial charge on any atom is 0.229 e. The molecule has 25 heavy (non-hydrogen) atoms. The molecular formula is C16H25ClFN3O3S.